The second kappa shape index (κ2) is 8.79. The molecule has 2 aromatic carbocycles. The molecule has 2 aliphatic rings. The first-order chi connectivity index (χ1) is 15.6. The summed E-state index contributed by atoms with van der Waals surface area (Å²) in [5.74, 6) is -0.253. The third-order valence-electron chi connectivity index (χ3n) is 6.30. The first-order valence-corrected chi connectivity index (χ1v) is 12.5. The quantitative estimate of drug-likeness (QED) is 0.711. The van der Waals surface area contributed by atoms with E-state index in [2.05, 4.69) is 10.6 Å². The van der Waals surface area contributed by atoms with Crippen molar-refractivity contribution in [3.8, 4) is 5.75 Å². The maximum absolute atomic E-state index is 13.4. The van der Waals surface area contributed by atoms with Crippen LogP contribution in [-0.2, 0) is 19.6 Å². The summed E-state index contributed by atoms with van der Waals surface area (Å²) in [4.78, 5) is 24.8. The summed E-state index contributed by atoms with van der Waals surface area (Å²) >= 11 is 0. The van der Waals surface area contributed by atoms with Crippen molar-refractivity contribution < 1.29 is 22.7 Å². The number of piperidine rings is 1. The summed E-state index contributed by atoms with van der Waals surface area (Å²) in [7, 11) is -3.77. The van der Waals surface area contributed by atoms with Gasteiger partial charge in [0.25, 0.3) is 5.91 Å². The van der Waals surface area contributed by atoms with Gasteiger partial charge in [0.1, 0.15) is 5.75 Å². The number of aryl methyl sites for hydroxylation is 3. The minimum atomic E-state index is -3.77. The molecule has 0 radical (unpaired) electrons. The Labute approximate surface area is 194 Å². The van der Waals surface area contributed by atoms with Gasteiger partial charge in [-0.3, -0.25) is 9.59 Å². The van der Waals surface area contributed by atoms with Gasteiger partial charge in [-0.2, -0.15) is 4.31 Å². The van der Waals surface area contributed by atoms with E-state index < -0.39 is 16.1 Å². The average Bonchev–Trinajstić information content (AvgIpc) is 2.77. The SMILES string of the molecule is Cc1ccc(C)c(NC(=O)C2CCN(S(=O)(=O)c3cc4c(cc3C)NC(=O)[C@@H](C)O4)CC2)c1. The Balaban J connectivity index is 1.46. The smallest absolute Gasteiger partial charge is 0.265 e. The molecule has 0 spiro atoms. The van der Waals surface area contributed by atoms with Crippen LogP contribution >= 0.6 is 0 Å². The summed E-state index contributed by atoms with van der Waals surface area (Å²) in [6.45, 7) is 7.75. The van der Waals surface area contributed by atoms with Crippen LogP contribution in [0, 0.1) is 26.7 Å². The number of carbonyl (C=O) groups excluding carboxylic acids is 2. The minimum absolute atomic E-state index is 0.0798. The molecule has 1 saturated heterocycles. The lowest BCUT2D eigenvalue weighted by molar-refractivity contribution is -0.123. The molecule has 2 aliphatic heterocycles. The van der Waals surface area contributed by atoms with Crippen LogP contribution in [0.5, 0.6) is 5.75 Å². The first-order valence-electron chi connectivity index (χ1n) is 11.1. The monoisotopic (exact) mass is 471 g/mol. The van der Waals surface area contributed by atoms with E-state index in [0.29, 0.717) is 29.8 Å². The molecule has 8 nitrogen and oxygen atoms in total. The molecule has 0 aliphatic carbocycles. The van der Waals surface area contributed by atoms with E-state index in [1.54, 1.807) is 19.9 Å². The van der Waals surface area contributed by atoms with Crippen LogP contribution in [0.1, 0.15) is 36.5 Å². The van der Waals surface area contributed by atoms with Gasteiger partial charge in [-0.05, 0) is 69.4 Å². The van der Waals surface area contributed by atoms with E-state index >= 15 is 0 Å². The Morgan fingerprint density at radius 2 is 1.79 bits per heavy atom. The highest BCUT2D eigenvalue weighted by molar-refractivity contribution is 7.89. The van der Waals surface area contributed by atoms with Crippen molar-refractivity contribution in [2.45, 2.75) is 51.5 Å². The van der Waals surface area contributed by atoms with Crippen LogP contribution in [0.2, 0.25) is 0 Å². The fourth-order valence-corrected chi connectivity index (χ4v) is 5.92. The van der Waals surface area contributed by atoms with Crippen LogP contribution in [0.25, 0.3) is 0 Å². The largest absolute Gasteiger partial charge is 0.479 e. The maximum atomic E-state index is 13.4. The Hall–Kier alpha value is -2.91. The van der Waals surface area contributed by atoms with Crippen LogP contribution in [0.3, 0.4) is 0 Å². The predicted octanol–water partition coefficient (Wildman–Crippen LogP) is 3.37. The van der Waals surface area contributed by atoms with Gasteiger partial charge in [-0.15, -0.1) is 0 Å². The molecule has 0 bridgehead atoms. The number of amides is 2. The molecule has 0 aromatic heterocycles. The van der Waals surface area contributed by atoms with Crippen molar-refractivity contribution in [1.82, 2.24) is 4.31 Å². The second-order valence-electron chi connectivity index (χ2n) is 8.85. The number of fused-ring (bicyclic) bond motifs is 1. The number of hydrogen-bond donors (Lipinski definition) is 2. The lowest BCUT2D eigenvalue weighted by Gasteiger charge is -2.31. The molecular weight excluding hydrogens is 442 g/mol. The van der Waals surface area contributed by atoms with Gasteiger partial charge >= 0.3 is 0 Å². The van der Waals surface area contributed by atoms with Crippen molar-refractivity contribution in [3.05, 3.63) is 47.0 Å². The Kier molecular flexibility index (Phi) is 6.20. The third kappa shape index (κ3) is 4.60. The minimum Gasteiger partial charge on any atom is -0.479 e. The zero-order valence-corrected chi connectivity index (χ0v) is 20.1. The summed E-state index contributed by atoms with van der Waals surface area (Å²) < 4.78 is 33.8. The van der Waals surface area contributed by atoms with Gasteiger partial charge in [0.05, 0.1) is 10.6 Å². The number of nitrogens with zero attached hydrogens (tertiary/aromatic N) is 1. The molecule has 33 heavy (non-hydrogen) atoms. The van der Waals surface area contributed by atoms with Crippen LogP contribution in [0.4, 0.5) is 11.4 Å². The van der Waals surface area contributed by atoms with Crippen molar-refractivity contribution in [2.75, 3.05) is 23.7 Å². The normalized spacial score (nSPS) is 19.4. The lowest BCUT2D eigenvalue weighted by atomic mass is 9.97. The van der Waals surface area contributed by atoms with Gasteiger partial charge in [-0.25, -0.2) is 8.42 Å². The highest BCUT2D eigenvalue weighted by Crippen LogP contribution is 2.36. The molecule has 0 saturated carbocycles. The number of anilines is 2. The molecule has 4 rings (SSSR count). The molecule has 9 heteroatoms. The number of carbonyl (C=O) groups is 2. The van der Waals surface area contributed by atoms with Crippen molar-refractivity contribution in [1.29, 1.82) is 0 Å². The molecule has 1 atom stereocenters. The average molecular weight is 472 g/mol. The van der Waals surface area contributed by atoms with E-state index in [4.69, 9.17) is 4.74 Å². The molecule has 2 aromatic rings. The molecule has 1 fully saturated rings. The van der Waals surface area contributed by atoms with E-state index in [9.17, 15) is 18.0 Å². The number of nitrogens with one attached hydrogen (secondary N) is 2. The van der Waals surface area contributed by atoms with Gasteiger partial charge in [0.15, 0.2) is 6.10 Å². The summed E-state index contributed by atoms with van der Waals surface area (Å²) in [6, 6.07) is 9.01. The Morgan fingerprint density at radius 1 is 1.09 bits per heavy atom. The molecule has 176 valence electrons. The molecular formula is C24H29N3O5S. The van der Waals surface area contributed by atoms with Gasteiger partial charge in [0, 0.05) is 30.8 Å². The van der Waals surface area contributed by atoms with Crippen LogP contribution in [0.15, 0.2) is 35.2 Å². The molecule has 0 unspecified atom stereocenters. The van der Waals surface area contributed by atoms with Crippen molar-refractivity contribution >= 4 is 33.2 Å². The highest BCUT2D eigenvalue weighted by atomic mass is 32.2. The standard InChI is InChI=1S/C24H29N3O5S/c1-14-5-6-15(2)19(11-14)25-24(29)18-7-9-27(10-8-18)33(30,31)22-13-21-20(12-16(22)3)26-23(28)17(4)32-21/h5-6,11-13,17-18H,7-10H2,1-4H3,(H,25,29)(H,26,28)/t17-/m1/s1. The van der Waals surface area contributed by atoms with Crippen molar-refractivity contribution in [3.63, 3.8) is 0 Å². The highest BCUT2D eigenvalue weighted by Gasteiger charge is 2.34. The van der Waals surface area contributed by atoms with Crippen LogP contribution < -0.4 is 15.4 Å². The fourth-order valence-electron chi connectivity index (χ4n) is 4.22. The van der Waals surface area contributed by atoms with Gasteiger partial charge in [-0.1, -0.05) is 12.1 Å². The number of sulfonamides is 1. The number of rotatable bonds is 4. The Bertz CT molecular complexity index is 1220. The van der Waals surface area contributed by atoms with E-state index in [1.807, 2.05) is 32.0 Å². The molecule has 2 amide bonds. The van der Waals surface area contributed by atoms with Crippen molar-refractivity contribution in [2.24, 2.45) is 5.92 Å². The van der Waals surface area contributed by atoms with Crippen LogP contribution in [-0.4, -0.2) is 43.7 Å². The van der Waals surface area contributed by atoms with Gasteiger partial charge in [0.2, 0.25) is 15.9 Å². The number of ether oxygens (including phenoxy) is 1. The first kappa shape index (κ1) is 23.3. The number of hydrogen-bond acceptors (Lipinski definition) is 5. The van der Waals surface area contributed by atoms with E-state index in [0.717, 1.165) is 16.8 Å². The lowest BCUT2D eigenvalue weighted by Crippen LogP contribution is -2.41. The molecule has 2 heterocycles. The summed E-state index contributed by atoms with van der Waals surface area (Å²) in [5.41, 5.74) is 3.85. The zero-order chi connectivity index (χ0) is 23.9. The van der Waals surface area contributed by atoms with Gasteiger partial charge < -0.3 is 15.4 Å². The molecule has 2 N–H and O–H groups in total. The number of benzene rings is 2. The fraction of sp³-hybridized carbons (Fsp3) is 0.417. The van der Waals surface area contributed by atoms with E-state index in [1.165, 1.54) is 10.4 Å². The third-order valence-corrected chi connectivity index (χ3v) is 8.34. The second-order valence-corrected chi connectivity index (χ2v) is 10.8. The maximum Gasteiger partial charge on any atom is 0.265 e. The Morgan fingerprint density at radius 3 is 2.48 bits per heavy atom. The zero-order valence-electron chi connectivity index (χ0n) is 19.3. The predicted molar refractivity (Wildman–Crippen MR) is 126 cm³/mol. The topological polar surface area (TPSA) is 105 Å². The van der Waals surface area contributed by atoms with E-state index in [-0.39, 0.29) is 35.7 Å². The summed E-state index contributed by atoms with van der Waals surface area (Å²) in [6.07, 6.45) is 0.203. The summed E-state index contributed by atoms with van der Waals surface area (Å²) in [5, 5.41) is 5.74.